The third kappa shape index (κ3) is 2.66. The Morgan fingerprint density at radius 3 is 2.64 bits per heavy atom. The summed E-state index contributed by atoms with van der Waals surface area (Å²) < 4.78 is 5.02. The van der Waals surface area contributed by atoms with E-state index in [1.165, 1.54) is 0 Å². The smallest absolute Gasteiger partial charge is 0.122 e. The van der Waals surface area contributed by atoms with Crippen molar-refractivity contribution in [2.24, 2.45) is 5.92 Å². The van der Waals surface area contributed by atoms with Gasteiger partial charge in [-0.3, -0.25) is 0 Å². The molecule has 2 nitrogen and oxygen atoms in total. The molecule has 0 spiro atoms. The van der Waals surface area contributed by atoms with Crippen LogP contribution in [0.2, 0.25) is 0 Å². The summed E-state index contributed by atoms with van der Waals surface area (Å²) in [5.41, 5.74) is 1.00. The van der Waals surface area contributed by atoms with Gasteiger partial charge in [0.25, 0.3) is 0 Å². The van der Waals surface area contributed by atoms with Crippen LogP contribution in [-0.2, 0) is 6.42 Å². The quantitative estimate of drug-likeness (QED) is 0.798. The second-order valence-corrected chi connectivity index (χ2v) is 3.71. The van der Waals surface area contributed by atoms with Crippen LogP contribution < -0.4 is 4.74 Å². The SMILES string of the molecule is CCC(C)Cc1ccc(OC)cc1O. The first-order valence-electron chi connectivity index (χ1n) is 5.03. The number of benzene rings is 1. The number of hydrogen-bond acceptors (Lipinski definition) is 2. The summed E-state index contributed by atoms with van der Waals surface area (Å²) in [6.45, 7) is 4.34. The van der Waals surface area contributed by atoms with Gasteiger partial charge in [-0.1, -0.05) is 26.3 Å². The van der Waals surface area contributed by atoms with E-state index in [0.29, 0.717) is 17.4 Å². The number of ether oxygens (including phenoxy) is 1. The van der Waals surface area contributed by atoms with E-state index in [-0.39, 0.29) is 0 Å². The van der Waals surface area contributed by atoms with Crippen LogP contribution in [0, 0.1) is 5.92 Å². The van der Waals surface area contributed by atoms with E-state index >= 15 is 0 Å². The minimum absolute atomic E-state index is 0.338. The molecule has 0 aliphatic rings. The van der Waals surface area contributed by atoms with E-state index in [1.807, 2.05) is 12.1 Å². The minimum Gasteiger partial charge on any atom is -0.508 e. The summed E-state index contributed by atoms with van der Waals surface area (Å²) in [6.07, 6.45) is 2.05. The van der Waals surface area contributed by atoms with Crippen molar-refractivity contribution in [3.8, 4) is 11.5 Å². The molecule has 0 bridgehead atoms. The fraction of sp³-hybridized carbons (Fsp3) is 0.500. The molecule has 0 saturated heterocycles. The normalized spacial score (nSPS) is 12.5. The first-order chi connectivity index (χ1) is 6.67. The highest BCUT2D eigenvalue weighted by Gasteiger charge is 2.06. The van der Waals surface area contributed by atoms with E-state index in [4.69, 9.17) is 4.74 Å². The molecule has 0 radical (unpaired) electrons. The fourth-order valence-corrected chi connectivity index (χ4v) is 1.36. The largest absolute Gasteiger partial charge is 0.508 e. The molecule has 0 saturated carbocycles. The molecule has 0 heterocycles. The lowest BCUT2D eigenvalue weighted by Gasteiger charge is -2.10. The minimum atomic E-state index is 0.338. The van der Waals surface area contributed by atoms with Gasteiger partial charge in [0.05, 0.1) is 7.11 Å². The summed E-state index contributed by atoms with van der Waals surface area (Å²) >= 11 is 0. The molecule has 2 heteroatoms. The second kappa shape index (κ2) is 4.89. The molecular weight excluding hydrogens is 176 g/mol. The van der Waals surface area contributed by atoms with Crippen LogP contribution in [0.4, 0.5) is 0 Å². The molecule has 14 heavy (non-hydrogen) atoms. The van der Waals surface area contributed by atoms with Crippen molar-refractivity contribution in [1.29, 1.82) is 0 Å². The van der Waals surface area contributed by atoms with Gasteiger partial charge in [0.1, 0.15) is 11.5 Å². The Hall–Kier alpha value is -1.18. The molecule has 0 aliphatic carbocycles. The maximum Gasteiger partial charge on any atom is 0.122 e. The van der Waals surface area contributed by atoms with E-state index in [2.05, 4.69) is 13.8 Å². The van der Waals surface area contributed by atoms with E-state index in [0.717, 1.165) is 18.4 Å². The highest BCUT2D eigenvalue weighted by Crippen LogP contribution is 2.26. The molecule has 1 aromatic rings. The van der Waals surface area contributed by atoms with Crippen molar-refractivity contribution in [1.82, 2.24) is 0 Å². The Morgan fingerprint density at radius 1 is 1.43 bits per heavy atom. The Labute approximate surface area is 85.5 Å². The highest BCUT2D eigenvalue weighted by atomic mass is 16.5. The van der Waals surface area contributed by atoms with Gasteiger partial charge in [0, 0.05) is 6.07 Å². The highest BCUT2D eigenvalue weighted by molar-refractivity contribution is 5.39. The molecular formula is C12H18O2. The van der Waals surface area contributed by atoms with Crippen molar-refractivity contribution in [2.75, 3.05) is 7.11 Å². The first-order valence-corrected chi connectivity index (χ1v) is 5.03. The Morgan fingerprint density at radius 2 is 2.14 bits per heavy atom. The van der Waals surface area contributed by atoms with Crippen LogP contribution in [0.5, 0.6) is 11.5 Å². The zero-order chi connectivity index (χ0) is 10.6. The maximum atomic E-state index is 9.69. The lowest BCUT2D eigenvalue weighted by atomic mass is 9.98. The van der Waals surface area contributed by atoms with Crippen molar-refractivity contribution in [2.45, 2.75) is 26.7 Å². The summed E-state index contributed by atoms with van der Waals surface area (Å²) in [4.78, 5) is 0. The van der Waals surface area contributed by atoms with Gasteiger partial charge < -0.3 is 9.84 Å². The van der Waals surface area contributed by atoms with Crippen LogP contribution in [0.1, 0.15) is 25.8 Å². The second-order valence-electron chi connectivity index (χ2n) is 3.71. The first kappa shape index (κ1) is 10.9. The van der Waals surface area contributed by atoms with Crippen LogP contribution in [0.15, 0.2) is 18.2 Å². The molecule has 0 aromatic heterocycles. The van der Waals surface area contributed by atoms with Crippen molar-refractivity contribution in [3.63, 3.8) is 0 Å². The van der Waals surface area contributed by atoms with Crippen molar-refractivity contribution >= 4 is 0 Å². The standard InChI is InChI=1S/C12H18O2/c1-4-9(2)7-10-5-6-11(14-3)8-12(10)13/h5-6,8-9,13H,4,7H2,1-3H3. The molecule has 0 fully saturated rings. The molecule has 1 rings (SSSR count). The number of aromatic hydroxyl groups is 1. The Bertz CT molecular complexity index is 294. The average Bonchev–Trinajstić information content (AvgIpc) is 2.20. The van der Waals surface area contributed by atoms with E-state index in [1.54, 1.807) is 13.2 Å². The molecule has 1 N–H and O–H groups in total. The monoisotopic (exact) mass is 194 g/mol. The molecule has 78 valence electrons. The molecule has 0 aliphatic heterocycles. The Kier molecular flexibility index (Phi) is 3.81. The zero-order valence-corrected chi connectivity index (χ0v) is 9.08. The number of hydrogen-bond donors (Lipinski definition) is 1. The van der Waals surface area contributed by atoms with Crippen LogP contribution in [0.25, 0.3) is 0 Å². The van der Waals surface area contributed by atoms with Crippen LogP contribution in [-0.4, -0.2) is 12.2 Å². The molecule has 1 atom stereocenters. The third-order valence-corrected chi connectivity index (χ3v) is 2.56. The van der Waals surface area contributed by atoms with Gasteiger partial charge in [-0.05, 0) is 24.0 Å². The van der Waals surface area contributed by atoms with Crippen molar-refractivity contribution in [3.05, 3.63) is 23.8 Å². The Balaban J connectivity index is 2.78. The predicted octanol–water partition coefficient (Wildman–Crippen LogP) is 2.99. The zero-order valence-electron chi connectivity index (χ0n) is 9.08. The summed E-state index contributed by atoms with van der Waals surface area (Å²) in [7, 11) is 1.60. The van der Waals surface area contributed by atoms with Gasteiger partial charge in [0.2, 0.25) is 0 Å². The molecule has 1 unspecified atom stereocenters. The van der Waals surface area contributed by atoms with Gasteiger partial charge in [-0.2, -0.15) is 0 Å². The maximum absolute atomic E-state index is 9.69. The van der Waals surface area contributed by atoms with Crippen molar-refractivity contribution < 1.29 is 9.84 Å². The third-order valence-electron chi connectivity index (χ3n) is 2.56. The van der Waals surface area contributed by atoms with Crippen LogP contribution >= 0.6 is 0 Å². The topological polar surface area (TPSA) is 29.5 Å². The summed E-state index contributed by atoms with van der Waals surface area (Å²) in [5, 5.41) is 9.69. The molecule has 0 amide bonds. The average molecular weight is 194 g/mol. The van der Waals surface area contributed by atoms with Gasteiger partial charge >= 0.3 is 0 Å². The van der Waals surface area contributed by atoms with Crippen LogP contribution in [0.3, 0.4) is 0 Å². The predicted molar refractivity (Wildman–Crippen MR) is 57.8 cm³/mol. The lowest BCUT2D eigenvalue weighted by Crippen LogP contribution is -1.98. The molecule has 1 aromatic carbocycles. The summed E-state index contributed by atoms with van der Waals surface area (Å²) in [5.74, 6) is 1.65. The number of rotatable bonds is 4. The van der Waals surface area contributed by atoms with Gasteiger partial charge in [-0.25, -0.2) is 0 Å². The summed E-state index contributed by atoms with van der Waals surface area (Å²) in [6, 6.07) is 5.48. The lowest BCUT2D eigenvalue weighted by molar-refractivity contribution is 0.405. The number of phenolic OH excluding ortho intramolecular Hbond substituents is 1. The number of phenols is 1. The van der Waals surface area contributed by atoms with Gasteiger partial charge in [0.15, 0.2) is 0 Å². The fourth-order valence-electron chi connectivity index (χ4n) is 1.36. The van der Waals surface area contributed by atoms with E-state index in [9.17, 15) is 5.11 Å². The number of methoxy groups -OCH3 is 1. The van der Waals surface area contributed by atoms with E-state index < -0.39 is 0 Å². The van der Waals surface area contributed by atoms with Gasteiger partial charge in [-0.15, -0.1) is 0 Å².